The molecule has 1 aliphatic rings. The molecule has 0 aliphatic carbocycles. The van der Waals surface area contributed by atoms with Crippen molar-refractivity contribution in [2.45, 2.75) is 12.5 Å². The smallest absolute Gasteiger partial charge is 0.120 e. The highest BCUT2D eigenvalue weighted by atomic mass is 79.9. The molecule has 23 heavy (non-hydrogen) atoms. The zero-order valence-corrected chi connectivity index (χ0v) is 13.9. The number of phenolic OH excluding ortho intramolecular Hbond substituents is 1. The van der Waals surface area contributed by atoms with E-state index >= 15 is 0 Å². The summed E-state index contributed by atoms with van der Waals surface area (Å²) >= 11 is 3.45. The molecule has 0 aromatic heterocycles. The van der Waals surface area contributed by atoms with E-state index in [9.17, 15) is 5.11 Å². The van der Waals surface area contributed by atoms with E-state index < -0.39 is 0 Å². The first-order valence-corrected chi connectivity index (χ1v) is 8.30. The molecule has 1 atom stereocenters. The maximum Gasteiger partial charge on any atom is 0.120 e. The van der Waals surface area contributed by atoms with E-state index in [1.165, 1.54) is 10.8 Å². The van der Waals surface area contributed by atoms with Crippen LogP contribution >= 0.6 is 15.9 Å². The van der Waals surface area contributed by atoms with Crippen LogP contribution in [0.2, 0.25) is 0 Å². The third-order valence-corrected chi connectivity index (χ3v) is 4.69. The molecule has 0 saturated heterocycles. The highest BCUT2D eigenvalue weighted by Crippen LogP contribution is 2.33. The van der Waals surface area contributed by atoms with Gasteiger partial charge >= 0.3 is 0 Å². The zero-order valence-electron chi connectivity index (χ0n) is 12.3. The number of benzene rings is 3. The molecule has 2 N–H and O–H groups in total. The Bertz CT molecular complexity index is 920. The van der Waals surface area contributed by atoms with Crippen molar-refractivity contribution in [2.24, 2.45) is 5.10 Å². The Labute approximate surface area is 142 Å². The summed E-state index contributed by atoms with van der Waals surface area (Å²) in [5.41, 5.74) is 6.14. The summed E-state index contributed by atoms with van der Waals surface area (Å²) in [5, 5.41) is 17.0. The highest BCUT2D eigenvalue weighted by Gasteiger charge is 2.23. The molecule has 0 fully saturated rings. The lowest BCUT2D eigenvalue weighted by atomic mass is 9.97. The Morgan fingerprint density at radius 3 is 2.70 bits per heavy atom. The predicted molar refractivity (Wildman–Crippen MR) is 96.8 cm³/mol. The molecule has 0 unspecified atom stereocenters. The first kappa shape index (κ1) is 14.3. The van der Waals surface area contributed by atoms with Crippen LogP contribution in [0.4, 0.5) is 0 Å². The first-order valence-electron chi connectivity index (χ1n) is 7.50. The second-order valence-electron chi connectivity index (χ2n) is 5.71. The Balaban J connectivity index is 1.63. The summed E-state index contributed by atoms with van der Waals surface area (Å²) in [7, 11) is 0. The van der Waals surface area contributed by atoms with Gasteiger partial charge in [-0.2, -0.15) is 5.10 Å². The monoisotopic (exact) mass is 366 g/mol. The van der Waals surface area contributed by atoms with Gasteiger partial charge in [-0.3, -0.25) is 0 Å². The number of hydrogen-bond acceptors (Lipinski definition) is 3. The van der Waals surface area contributed by atoms with Crippen molar-refractivity contribution in [2.75, 3.05) is 0 Å². The normalized spacial score (nSPS) is 17.1. The van der Waals surface area contributed by atoms with E-state index in [1.807, 2.05) is 24.3 Å². The molecule has 0 saturated carbocycles. The van der Waals surface area contributed by atoms with Crippen LogP contribution < -0.4 is 5.43 Å². The van der Waals surface area contributed by atoms with Crippen LogP contribution in [0.5, 0.6) is 5.75 Å². The number of hydrazone groups is 1. The second-order valence-corrected chi connectivity index (χ2v) is 6.63. The van der Waals surface area contributed by atoms with Gasteiger partial charge in [-0.15, -0.1) is 0 Å². The van der Waals surface area contributed by atoms with Gasteiger partial charge in [-0.05, 0) is 40.6 Å². The summed E-state index contributed by atoms with van der Waals surface area (Å²) in [6, 6.07) is 20.2. The Morgan fingerprint density at radius 1 is 1.00 bits per heavy atom. The lowest BCUT2D eigenvalue weighted by molar-refractivity contribution is 0.455. The number of aromatic hydroxyl groups is 1. The van der Waals surface area contributed by atoms with E-state index in [2.05, 4.69) is 56.8 Å². The van der Waals surface area contributed by atoms with E-state index in [0.29, 0.717) is 5.75 Å². The minimum Gasteiger partial charge on any atom is -0.508 e. The number of fused-ring (bicyclic) bond motifs is 1. The maximum absolute atomic E-state index is 10.1. The zero-order chi connectivity index (χ0) is 15.8. The van der Waals surface area contributed by atoms with Gasteiger partial charge in [0, 0.05) is 16.5 Å². The Hall–Kier alpha value is -2.33. The molecular formula is C19H15BrN2O. The maximum atomic E-state index is 10.1. The summed E-state index contributed by atoms with van der Waals surface area (Å²) in [6.07, 6.45) is 0.752. The number of nitrogens with zero attached hydrogens (tertiary/aromatic N) is 1. The van der Waals surface area contributed by atoms with Crippen molar-refractivity contribution in [1.29, 1.82) is 0 Å². The summed E-state index contributed by atoms with van der Waals surface area (Å²) in [4.78, 5) is 0. The molecule has 0 radical (unpaired) electrons. The Morgan fingerprint density at radius 2 is 1.83 bits per heavy atom. The topological polar surface area (TPSA) is 44.6 Å². The van der Waals surface area contributed by atoms with E-state index in [4.69, 9.17) is 0 Å². The number of phenols is 1. The highest BCUT2D eigenvalue weighted by molar-refractivity contribution is 9.10. The fourth-order valence-corrected chi connectivity index (χ4v) is 3.35. The fourth-order valence-electron chi connectivity index (χ4n) is 2.98. The van der Waals surface area contributed by atoms with Gasteiger partial charge in [-0.25, -0.2) is 0 Å². The van der Waals surface area contributed by atoms with Gasteiger partial charge in [0.25, 0.3) is 0 Å². The van der Waals surface area contributed by atoms with E-state index in [1.54, 1.807) is 6.07 Å². The van der Waals surface area contributed by atoms with Crippen LogP contribution in [-0.4, -0.2) is 10.8 Å². The average molecular weight is 367 g/mol. The van der Waals surface area contributed by atoms with Crippen molar-refractivity contribution in [3.05, 3.63) is 76.3 Å². The fraction of sp³-hybridized carbons (Fsp3) is 0.105. The summed E-state index contributed by atoms with van der Waals surface area (Å²) < 4.78 is 0.950. The molecule has 1 heterocycles. The number of rotatable bonds is 2. The van der Waals surface area contributed by atoms with Crippen LogP contribution in [0.25, 0.3) is 10.8 Å². The van der Waals surface area contributed by atoms with Crippen LogP contribution in [0, 0.1) is 0 Å². The molecule has 0 bridgehead atoms. The van der Waals surface area contributed by atoms with Gasteiger partial charge in [0.2, 0.25) is 0 Å². The molecule has 3 aromatic carbocycles. The second kappa shape index (κ2) is 5.70. The molecule has 0 spiro atoms. The van der Waals surface area contributed by atoms with Crippen LogP contribution in [-0.2, 0) is 0 Å². The average Bonchev–Trinajstić information content (AvgIpc) is 3.06. The molecule has 114 valence electrons. The minimum absolute atomic E-state index is 0.00558. The quantitative estimate of drug-likeness (QED) is 0.687. The molecule has 3 nitrogen and oxygen atoms in total. The third-order valence-electron chi connectivity index (χ3n) is 4.20. The molecule has 4 rings (SSSR count). The van der Waals surface area contributed by atoms with Crippen molar-refractivity contribution in [3.8, 4) is 5.75 Å². The first-order chi connectivity index (χ1) is 11.2. The molecule has 4 heteroatoms. The largest absolute Gasteiger partial charge is 0.508 e. The summed E-state index contributed by atoms with van der Waals surface area (Å²) in [5.74, 6) is 0.292. The number of nitrogens with one attached hydrogen (secondary N) is 1. The van der Waals surface area contributed by atoms with Crippen molar-refractivity contribution in [1.82, 2.24) is 5.43 Å². The van der Waals surface area contributed by atoms with Crippen molar-refractivity contribution in [3.63, 3.8) is 0 Å². The summed E-state index contributed by atoms with van der Waals surface area (Å²) in [6.45, 7) is 0. The third kappa shape index (κ3) is 2.70. The standard InChI is InChI=1S/C19H15BrN2O/c20-15-7-8-19(23)16(10-15)18-11-17(21-22-18)14-6-5-12-3-1-2-4-13(12)9-14/h1-10,18,22-23H,11H2/t18-/m1/s1. The van der Waals surface area contributed by atoms with Gasteiger partial charge < -0.3 is 10.5 Å². The lowest BCUT2D eigenvalue weighted by Crippen LogP contribution is -2.10. The van der Waals surface area contributed by atoms with Gasteiger partial charge in [0.05, 0.1) is 11.8 Å². The van der Waals surface area contributed by atoms with Crippen LogP contribution in [0.1, 0.15) is 23.6 Å². The molecule has 1 aliphatic heterocycles. The van der Waals surface area contributed by atoms with E-state index in [-0.39, 0.29) is 6.04 Å². The Kier molecular flexibility index (Phi) is 3.54. The van der Waals surface area contributed by atoms with E-state index in [0.717, 1.165) is 27.7 Å². The molecule has 3 aromatic rings. The van der Waals surface area contributed by atoms with Crippen molar-refractivity contribution >= 4 is 32.4 Å². The SMILES string of the molecule is Oc1ccc(Br)cc1[C@H]1CC(c2ccc3ccccc3c2)=NN1. The van der Waals surface area contributed by atoms with Crippen molar-refractivity contribution < 1.29 is 5.11 Å². The number of hydrogen-bond donors (Lipinski definition) is 2. The lowest BCUT2D eigenvalue weighted by Gasteiger charge is -2.12. The van der Waals surface area contributed by atoms with Crippen LogP contribution in [0.3, 0.4) is 0 Å². The molecular weight excluding hydrogens is 352 g/mol. The van der Waals surface area contributed by atoms with Gasteiger partial charge in [0.1, 0.15) is 5.75 Å². The molecule has 0 amide bonds. The minimum atomic E-state index is -0.00558. The predicted octanol–water partition coefficient (Wildman–Crippen LogP) is 4.75. The van der Waals surface area contributed by atoms with Gasteiger partial charge in [-0.1, -0.05) is 52.3 Å². The van der Waals surface area contributed by atoms with Crippen LogP contribution in [0.15, 0.2) is 70.2 Å². The number of halogens is 1. The van der Waals surface area contributed by atoms with Gasteiger partial charge in [0.15, 0.2) is 0 Å².